The summed E-state index contributed by atoms with van der Waals surface area (Å²) in [6.45, 7) is 2.09. The zero-order chi connectivity index (χ0) is 14.1. The molecule has 20 heavy (non-hydrogen) atoms. The highest BCUT2D eigenvalue weighted by atomic mass is 32.1. The van der Waals surface area contributed by atoms with Gasteiger partial charge in [-0.2, -0.15) is 4.98 Å². The van der Waals surface area contributed by atoms with E-state index in [2.05, 4.69) is 10.1 Å². The van der Waals surface area contributed by atoms with Crippen molar-refractivity contribution in [1.82, 2.24) is 14.7 Å². The Morgan fingerprint density at radius 3 is 3.15 bits per heavy atom. The van der Waals surface area contributed by atoms with Gasteiger partial charge in [-0.15, -0.1) is 11.3 Å². The van der Waals surface area contributed by atoms with Crippen LogP contribution >= 0.6 is 11.3 Å². The number of thiophene rings is 1. The molecule has 0 unspecified atom stereocenters. The fourth-order valence-electron chi connectivity index (χ4n) is 1.88. The first-order chi connectivity index (χ1) is 9.69. The fraction of sp³-hybridized carbons (Fsp3) is 0.308. The topological polar surface area (TPSA) is 70.2 Å². The Kier molecular flexibility index (Phi) is 3.37. The van der Waals surface area contributed by atoms with Crippen molar-refractivity contribution in [3.05, 3.63) is 45.8 Å². The molecule has 1 atom stereocenters. The number of hydrogen-bond acceptors (Lipinski definition) is 6. The van der Waals surface area contributed by atoms with E-state index in [0.29, 0.717) is 17.1 Å². The van der Waals surface area contributed by atoms with Gasteiger partial charge in [0.05, 0.1) is 5.39 Å². The largest absolute Gasteiger partial charge is 0.374 e. The maximum absolute atomic E-state index is 12.2. The number of nitrogens with zero attached hydrogens (tertiary/aromatic N) is 3. The fourth-order valence-corrected chi connectivity index (χ4v) is 2.65. The molecule has 3 aromatic rings. The van der Waals surface area contributed by atoms with E-state index >= 15 is 0 Å². The molecule has 0 aliphatic heterocycles. The summed E-state index contributed by atoms with van der Waals surface area (Å²) in [7, 11) is 1.58. The number of aromatic nitrogens is 3. The summed E-state index contributed by atoms with van der Waals surface area (Å²) in [6, 6.07) is 3.74. The summed E-state index contributed by atoms with van der Waals surface area (Å²) in [5.74, 6) is 0.868. The van der Waals surface area contributed by atoms with Crippen molar-refractivity contribution in [2.75, 3.05) is 7.11 Å². The summed E-state index contributed by atoms with van der Waals surface area (Å²) in [4.78, 5) is 16.5. The third-order valence-corrected chi connectivity index (χ3v) is 3.98. The Hall–Kier alpha value is -1.99. The van der Waals surface area contributed by atoms with E-state index in [9.17, 15) is 4.79 Å². The summed E-state index contributed by atoms with van der Waals surface area (Å²) >= 11 is 1.55. The molecule has 0 aromatic carbocycles. The SMILES string of the molecule is CO[C@H](C)c1noc(Cn2ccc3sccc3c2=O)n1. The Morgan fingerprint density at radius 1 is 1.50 bits per heavy atom. The normalized spacial score (nSPS) is 12.9. The van der Waals surface area contributed by atoms with Crippen molar-refractivity contribution in [3.8, 4) is 0 Å². The molecule has 7 heteroatoms. The van der Waals surface area contributed by atoms with Crippen LogP contribution in [0.5, 0.6) is 0 Å². The summed E-state index contributed by atoms with van der Waals surface area (Å²) in [5, 5.41) is 6.46. The molecular weight excluding hydrogens is 278 g/mol. The lowest BCUT2D eigenvalue weighted by Crippen LogP contribution is -2.19. The third kappa shape index (κ3) is 2.25. The maximum atomic E-state index is 12.2. The van der Waals surface area contributed by atoms with E-state index in [1.54, 1.807) is 29.2 Å². The van der Waals surface area contributed by atoms with E-state index in [0.717, 1.165) is 4.70 Å². The maximum Gasteiger partial charge on any atom is 0.259 e. The molecule has 0 N–H and O–H groups in total. The minimum Gasteiger partial charge on any atom is -0.374 e. The molecular formula is C13H13N3O3S. The molecule has 3 rings (SSSR count). The van der Waals surface area contributed by atoms with Crippen molar-refractivity contribution < 1.29 is 9.26 Å². The number of pyridine rings is 1. The number of rotatable bonds is 4. The van der Waals surface area contributed by atoms with Gasteiger partial charge in [-0.25, -0.2) is 0 Å². The summed E-state index contributed by atoms with van der Waals surface area (Å²) in [5.41, 5.74) is -0.0525. The molecule has 6 nitrogen and oxygen atoms in total. The molecule has 0 radical (unpaired) electrons. The highest BCUT2D eigenvalue weighted by molar-refractivity contribution is 7.17. The van der Waals surface area contributed by atoms with Gasteiger partial charge >= 0.3 is 0 Å². The summed E-state index contributed by atoms with van der Waals surface area (Å²) < 4.78 is 12.8. The summed E-state index contributed by atoms with van der Waals surface area (Å²) in [6.07, 6.45) is 1.51. The van der Waals surface area contributed by atoms with Crippen molar-refractivity contribution in [1.29, 1.82) is 0 Å². The van der Waals surface area contributed by atoms with Crippen molar-refractivity contribution >= 4 is 21.4 Å². The molecule has 3 aromatic heterocycles. The number of ether oxygens (including phenoxy) is 1. The molecule has 104 valence electrons. The molecule has 0 saturated carbocycles. The van der Waals surface area contributed by atoms with Crippen LogP contribution in [0, 0.1) is 0 Å². The zero-order valence-electron chi connectivity index (χ0n) is 11.1. The van der Waals surface area contributed by atoms with Gasteiger partial charge in [-0.1, -0.05) is 5.16 Å². The van der Waals surface area contributed by atoms with Crippen molar-refractivity contribution in [2.24, 2.45) is 0 Å². The van der Waals surface area contributed by atoms with Crippen LogP contribution in [0.2, 0.25) is 0 Å². The smallest absolute Gasteiger partial charge is 0.259 e. The second kappa shape index (κ2) is 5.18. The number of methoxy groups -OCH3 is 1. The zero-order valence-corrected chi connectivity index (χ0v) is 11.9. The first kappa shape index (κ1) is 13.0. The molecule has 0 aliphatic carbocycles. The van der Waals surface area contributed by atoms with Gasteiger partial charge in [-0.3, -0.25) is 4.79 Å². The quantitative estimate of drug-likeness (QED) is 0.737. The lowest BCUT2D eigenvalue weighted by molar-refractivity contribution is 0.109. The molecule has 0 spiro atoms. The Labute approximate surface area is 118 Å². The first-order valence-corrected chi connectivity index (χ1v) is 6.99. The van der Waals surface area contributed by atoms with Crippen LogP contribution in [0.4, 0.5) is 0 Å². The molecule has 3 heterocycles. The molecule has 0 amide bonds. The average Bonchev–Trinajstić information content (AvgIpc) is 3.10. The Bertz CT molecular complexity index is 789. The predicted molar refractivity (Wildman–Crippen MR) is 74.9 cm³/mol. The standard InChI is InChI=1S/C13H13N3O3S/c1-8(18-2)12-14-11(19-15-12)7-16-5-3-10-9(13(16)17)4-6-20-10/h3-6,8H,7H2,1-2H3/t8-/m1/s1. The van der Waals surface area contributed by atoms with E-state index in [1.165, 1.54) is 0 Å². The van der Waals surface area contributed by atoms with Crippen LogP contribution in [0.25, 0.3) is 10.1 Å². The van der Waals surface area contributed by atoms with Crippen LogP contribution in [-0.2, 0) is 11.3 Å². The monoisotopic (exact) mass is 291 g/mol. The molecule has 0 bridgehead atoms. The van der Waals surface area contributed by atoms with E-state index in [4.69, 9.17) is 9.26 Å². The van der Waals surface area contributed by atoms with Crippen LogP contribution in [0.15, 0.2) is 33.0 Å². The Balaban J connectivity index is 1.91. The molecule has 0 fully saturated rings. The van der Waals surface area contributed by atoms with Crippen LogP contribution in [0.3, 0.4) is 0 Å². The average molecular weight is 291 g/mol. The highest BCUT2D eigenvalue weighted by Crippen LogP contribution is 2.17. The van der Waals surface area contributed by atoms with Crippen LogP contribution in [-0.4, -0.2) is 21.8 Å². The first-order valence-electron chi connectivity index (χ1n) is 6.11. The lowest BCUT2D eigenvalue weighted by Gasteiger charge is -2.02. The third-order valence-electron chi connectivity index (χ3n) is 3.10. The van der Waals surface area contributed by atoms with Gasteiger partial charge in [0.2, 0.25) is 5.89 Å². The van der Waals surface area contributed by atoms with Gasteiger partial charge in [0.25, 0.3) is 5.56 Å². The van der Waals surface area contributed by atoms with Crippen molar-refractivity contribution in [3.63, 3.8) is 0 Å². The van der Waals surface area contributed by atoms with Crippen LogP contribution < -0.4 is 5.56 Å². The van der Waals surface area contributed by atoms with E-state index in [-0.39, 0.29) is 18.2 Å². The number of fused-ring (bicyclic) bond motifs is 1. The minimum atomic E-state index is -0.233. The number of hydrogen-bond donors (Lipinski definition) is 0. The second-order valence-corrected chi connectivity index (χ2v) is 5.32. The highest BCUT2D eigenvalue weighted by Gasteiger charge is 2.14. The van der Waals surface area contributed by atoms with Crippen LogP contribution in [0.1, 0.15) is 24.7 Å². The Morgan fingerprint density at radius 2 is 2.35 bits per heavy atom. The molecule has 0 aliphatic rings. The minimum absolute atomic E-state index is 0.0525. The van der Waals surface area contributed by atoms with Gasteiger partial charge in [0, 0.05) is 18.0 Å². The van der Waals surface area contributed by atoms with Crippen molar-refractivity contribution in [2.45, 2.75) is 19.6 Å². The van der Waals surface area contributed by atoms with E-state index in [1.807, 2.05) is 24.4 Å². The second-order valence-electron chi connectivity index (χ2n) is 4.37. The predicted octanol–water partition coefficient (Wildman–Crippen LogP) is 2.20. The molecule has 0 saturated heterocycles. The van der Waals surface area contributed by atoms with Gasteiger partial charge in [0.15, 0.2) is 5.82 Å². The van der Waals surface area contributed by atoms with Gasteiger partial charge < -0.3 is 13.8 Å². The lowest BCUT2D eigenvalue weighted by atomic mass is 10.3. The van der Waals surface area contributed by atoms with E-state index < -0.39 is 0 Å². The van der Waals surface area contributed by atoms with Gasteiger partial charge in [0.1, 0.15) is 12.6 Å². The van der Waals surface area contributed by atoms with Gasteiger partial charge in [-0.05, 0) is 24.4 Å².